The number of ether oxygens (including phenoxy) is 1. The van der Waals surface area contributed by atoms with E-state index in [9.17, 15) is 0 Å². The van der Waals surface area contributed by atoms with Gasteiger partial charge >= 0.3 is 0 Å². The van der Waals surface area contributed by atoms with Crippen molar-refractivity contribution in [1.82, 2.24) is 5.32 Å². The van der Waals surface area contributed by atoms with Gasteiger partial charge in [-0.05, 0) is 36.7 Å². The zero-order valence-electron chi connectivity index (χ0n) is 12.6. The molecule has 1 atom stereocenters. The smallest absolute Gasteiger partial charge is 0.124 e. The Morgan fingerprint density at radius 2 is 1.90 bits per heavy atom. The highest BCUT2D eigenvalue weighted by molar-refractivity contribution is 9.10. The molecule has 2 nitrogen and oxygen atoms in total. The Hall–Kier alpha value is -1.32. The number of hydrogen-bond acceptors (Lipinski definition) is 2. The van der Waals surface area contributed by atoms with Gasteiger partial charge in [0.25, 0.3) is 0 Å². The fourth-order valence-electron chi connectivity index (χ4n) is 2.36. The van der Waals surface area contributed by atoms with Crippen LogP contribution in [0.2, 0.25) is 0 Å². The molecule has 3 heteroatoms. The molecular formula is C18H22BrNO. The van der Waals surface area contributed by atoms with Gasteiger partial charge in [0.1, 0.15) is 5.75 Å². The van der Waals surface area contributed by atoms with Crippen LogP contribution in [0.4, 0.5) is 0 Å². The fraction of sp³-hybridized carbons (Fsp3) is 0.333. The number of halogens is 1. The SMILES string of the molecule is CCCOc1ccccc1C(NCC)c1cccc(Br)c1. The van der Waals surface area contributed by atoms with Crippen molar-refractivity contribution in [1.29, 1.82) is 0 Å². The monoisotopic (exact) mass is 347 g/mol. The Bertz CT molecular complexity index is 571. The minimum Gasteiger partial charge on any atom is -0.493 e. The molecule has 0 bridgehead atoms. The van der Waals surface area contributed by atoms with Crippen LogP contribution < -0.4 is 10.1 Å². The minimum atomic E-state index is 0.139. The molecular weight excluding hydrogens is 326 g/mol. The molecule has 0 spiro atoms. The lowest BCUT2D eigenvalue weighted by atomic mass is 9.98. The van der Waals surface area contributed by atoms with E-state index in [4.69, 9.17) is 4.74 Å². The van der Waals surface area contributed by atoms with Crippen molar-refractivity contribution in [3.05, 3.63) is 64.1 Å². The van der Waals surface area contributed by atoms with Gasteiger partial charge in [-0.1, -0.05) is 60.1 Å². The molecule has 0 fully saturated rings. The Balaban J connectivity index is 2.38. The summed E-state index contributed by atoms with van der Waals surface area (Å²) >= 11 is 3.56. The molecule has 0 aromatic heterocycles. The maximum absolute atomic E-state index is 5.91. The van der Waals surface area contributed by atoms with Crippen LogP contribution >= 0.6 is 15.9 Å². The molecule has 21 heavy (non-hydrogen) atoms. The van der Waals surface area contributed by atoms with Crippen LogP contribution in [0, 0.1) is 0 Å². The molecule has 0 radical (unpaired) electrons. The van der Waals surface area contributed by atoms with Crippen LogP contribution in [0.5, 0.6) is 5.75 Å². The summed E-state index contributed by atoms with van der Waals surface area (Å²) in [4.78, 5) is 0. The zero-order chi connectivity index (χ0) is 15.1. The number of hydrogen-bond donors (Lipinski definition) is 1. The normalized spacial score (nSPS) is 12.1. The second-order valence-electron chi connectivity index (χ2n) is 4.93. The van der Waals surface area contributed by atoms with Gasteiger partial charge in [-0.15, -0.1) is 0 Å². The maximum atomic E-state index is 5.91. The molecule has 2 rings (SSSR count). The molecule has 0 aliphatic carbocycles. The standard InChI is InChI=1S/C18H22BrNO/c1-3-12-21-17-11-6-5-10-16(17)18(20-4-2)14-8-7-9-15(19)13-14/h5-11,13,18,20H,3-4,12H2,1-2H3. The first-order valence-corrected chi connectivity index (χ1v) is 8.26. The molecule has 0 amide bonds. The van der Waals surface area contributed by atoms with Gasteiger partial charge in [-0.3, -0.25) is 0 Å². The second-order valence-corrected chi connectivity index (χ2v) is 5.85. The Morgan fingerprint density at radius 3 is 2.62 bits per heavy atom. The number of nitrogens with one attached hydrogen (secondary N) is 1. The van der Waals surface area contributed by atoms with Gasteiger partial charge in [-0.2, -0.15) is 0 Å². The van der Waals surface area contributed by atoms with E-state index in [0.29, 0.717) is 0 Å². The molecule has 0 aliphatic heterocycles. The number of benzene rings is 2. The van der Waals surface area contributed by atoms with E-state index in [0.717, 1.165) is 29.8 Å². The van der Waals surface area contributed by atoms with Gasteiger partial charge < -0.3 is 10.1 Å². The lowest BCUT2D eigenvalue weighted by molar-refractivity contribution is 0.312. The van der Waals surface area contributed by atoms with Crippen molar-refractivity contribution >= 4 is 15.9 Å². The molecule has 1 unspecified atom stereocenters. The molecule has 1 N–H and O–H groups in total. The van der Waals surface area contributed by atoms with E-state index in [1.807, 2.05) is 18.2 Å². The van der Waals surface area contributed by atoms with Gasteiger partial charge in [0.15, 0.2) is 0 Å². The highest BCUT2D eigenvalue weighted by Gasteiger charge is 2.17. The minimum absolute atomic E-state index is 0.139. The fourth-order valence-corrected chi connectivity index (χ4v) is 2.78. The van der Waals surface area contributed by atoms with Crippen LogP contribution in [-0.2, 0) is 0 Å². The first-order valence-electron chi connectivity index (χ1n) is 7.46. The van der Waals surface area contributed by atoms with E-state index in [-0.39, 0.29) is 6.04 Å². The van der Waals surface area contributed by atoms with Crippen LogP contribution in [0.15, 0.2) is 53.0 Å². The van der Waals surface area contributed by atoms with Crippen molar-refractivity contribution < 1.29 is 4.74 Å². The number of para-hydroxylation sites is 1. The van der Waals surface area contributed by atoms with Crippen molar-refractivity contribution in [2.45, 2.75) is 26.3 Å². The second kappa shape index (κ2) is 8.20. The van der Waals surface area contributed by atoms with E-state index < -0.39 is 0 Å². The lowest BCUT2D eigenvalue weighted by Gasteiger charge is -2.22. The summed E-state index contributed by atoms with van der Waals surface area (Å²) in [6.45, 7) is 5.90. The predicted octanol–water partition coefficient (Wildman–Crippen LogP) is 4.94. The Morgan fingerprint density at radius 1 is 1.10 bits per heavy atom. The molecule has 0 aliphatic rings. The molecule has 0 saturated heterocycles. The summed E-state index contributed by atoms with van der Waals surface area (Å²) in [5.74, 6) is 0.963. The molecule has 2 aromatic rings. The molecule has 0 saturated carbocycles. The third-order valence-corrected chi connectivity index (χ3v) is 3.78. The maximum Gasteiger partial charge on any atom is 0.124 e. The summed E-state index contributed by atoms with van der Waals surface area (Å²) < 4.78 is 7.01. The van der Waals surface area contributed by atoms with E-state index in [1.54, 1.807) is 0 Å². The third-order valence-electron chi connectivity index (χ3n) is 3.28. The van der Waals surface area contributed by atoms with E-state index in [2.05, 4.69) is 65.4 Å². The Kier molecular flexibility index (Phi) is 6.27. The first-order chi connectivity index (χ1) is 10.3. The highest BCUT2D eigenvalue weighted by Crippen LogP contribution is 2.31. The van der Waals surface area contributed by atoms with Crippen LogP contribution in [-0.4, -0.2) is 13.2 Å². The largest absolute Gasteiger partial charge is 0.493 e. The van der Waals surface area contributed by atoms with Crippen molar-refractivity contribution in [2.24, 2.45) is 0 Å². The molecule has 112 valence electrons. The quantitative estimate of drug-likeness (QED) is 0.765. The lowest BCUT2D eigenvalue weighted by Crippen LogP contribution is -2.22. The van der Waals surface area contributed by atoms with E-state index in [1.165, 1.54) is 11.1 Å². The summed E-state index contributed by atoms with van der Waals surface area (Å²) in [6, 6.07) is 16.8. The molecule has 0 heterocycles. The first kappa shape index (κ1) is 16.1. The summed E-state index contributed by atoms with van der Waals surface area (Å²) in [7, 11) is 0. The van der Waals surface area contributed by atoms with Crippen molar-refractivity contribution in [3.8, 4) is 5.75 Å². The number of rotatable bonds is 7. The highest BCUT2D eigenvalue weighted by atomic mass is 79.9. The van der Waals surface area contributed by atoms with Gasteiger partial charge in [0.05, 0.1) is 12.6 Å². The van der Waals surface area contributed by atoms with Crippen molar-refractivity contribution in [3.63, 3.8) is 0 Å². The Labute approximate surface area is 135 Å². The summed E-state index contributed by atoms with van der Waals surface area (Å²) in [5, 5.41) is 3.56. The molecule has 2 aromatic carbocycles. The van der Waals surface area contributed by atoms with Crippen molar-refractivity contribution in [2.75, 3.05) is 13.2 Å². The summed E-state index contributed by atoms with van der Waals surface area (Å²) in [6.07, 6.45) is 1.01. The zero-order valence-corrected chi connectivity index (χ0v) is 14.2. The van der Waals surface area contributed by atoms with Gasteiger partial charge in [0.2, 0.25) is 0 Å². The average Bonchev–Trinajstić information content (AvgIpc) is 2.51. The van der Waals surface area contributed by atoms with E-state index >= 15 is 0 Å². The van der Waals surface area contributed by atoms with Gasteiger partial charge in [0, 0.05) is 10.0 Å². The van der Waals surface area contributed by atoms with Gasteiger partial charge in [-0.25, -0.2) is 0 Å². The third kappa shape index (κ3) is 4.32. The van der Waals surface area contributed by atoms with Crippen LogP contribution in [0.3, 0.4) is 0 Å². The predicted molar refractivity (Wildman–Crippen MR) is 91.9 cm³/mol. The topological polar surface area (TPSA) is 21.3 Å². The van der Waals surface area contributed by atoms with Crippen LogP contribution in [0.25, 0.3) is 0 Å². The average molecular weight is 348 g/mol. The van der Waals surface area contributed by atoms with Crippen LogP contribution in [0.1, 0.15) is 37.4 Å². The summed E-state index contributed by atoms with van der Waals surface area (Å²) in [5.41, 5.74) is 2.42.